The van der Waals surface area contributed by atoms with E-state index >= 15 is 0 Å². The smallest absolute Gasteiger partial charge is 0.462 e. The average Bonchev–Trinajstić information content (AvgIpc) is 3.70. The molecule has 15 heteroatoms. The molecule has 0 saturated carbocycles. The molecule has 5 aromatic rings. The Morgan fingerprint density at radius 3 is 2.67 bits per heavy atom. The zero-order chi connectivity index (χ0) is 29.4. The summed E-state index contributed by atoms with van der Waals surface area (Å²) in [4.78, 5) is 34.7. The van der Waals surface area contributed by atoms with Crippen molar-refractivity contribution in [3.8, 4) is 22.8 Å². The Balaban J connectivity index is 1.17. The minimum atomic E-state index is -4.81. The van der Waals surface area contributed by atoms with Crippen LogP contribution in [-0.2, 0) is 4.79 Å². The minimum Gasteiger partial charge on any atom is -0.462 e. The molecule has 10 nitrogen and oxygen atoms in total. The third-order valence-electron chi connectivity index (χ3n) is 5.96. The molecule has 6 rings (SSSR count). The molecular formula is C27H16F4N6O4S. The van der Waals surface area contributed by atoms with Gasteiger partial charge in [0.05, 0.1) is 29.1 Å². The fourth-order valence-corrected chi connectivity index (χ4v) is 5.00. The van der Waals surface area contributed by atoms with Gasteiger partial charge in [-0.25, -0.2) is 18.9 Å². The van der Waals surface area contributed by atoms with Crippen LogP contribution in [0.5, 0.6) is 5.75 Å². The number of hydrogen-bond acceptors (Lipinski definition) is 7. The Morgan fingerprint density at radius 2 is 1.90 bits per heavy atom. The topological polar surface area (TPSA) is 115 Å². The molecule has 3 aromatic carbocycles. The number of carbonyl (C=O) groups is 2. The minimum absolute atomic E-state index is 0.0669. The van der Waals surface area contributed by atoms with Gasteiger partial charge in [-0.15, -0.1) is 18.3 Å². The Kier molecular flexibility index (Phi) is 6.86. The van der Waals surface area contributed by atoms with Gasteiger partial charge in [0, 0.05) is 10.9 Å². The second-order valence-corrected chi connectivity index (χ2v) is 9.65. The van der Waals surface area contributed by atoms with Gasteiger partial charge in [-0.05, 0) is 54.6 Å². The molecule has 3 heterocycles. The number of nitrogens with zero attached hydrogens (tertiary/aromatic N) is 5. The van der Waals surface area contributed by atoms with Crippen LogP contribution in [0.25, 0.3) is 28.0 Å². The molecular weight excluding hydrogens is 580 g/mol. The molecule has 0 spiro atoms. The van der Waals surface area contributed by atoms with Gasteiger partial charge in [0.1, 0.15) is 17.9 Å². The van der Waals surface area contributed by atoms with E-state index in [9.17, 15) is 27.2 Å². The number of hydrogen-bond donors (Lipinski definition) is 1. The first-order valence-corrected chi connectivity index (χ1v) is 13.0. The normalized spacial score (nSPS) is 14.6. The summed E-state index contributed by atoms with van der Waals surface area (Å²) in [7, 11) is 0. The van der Waals surface area contributed by atoms with Crippen molar-refractivity contribution >= 4 is 51.2 Å². The molecule has 42 heavy (non-hydrogen) atoms. The number of nitrogens with one attached hydrogen (secondary N) is 1. The maximum Gasteiger partial charge on any atom is 0.573 e. The van der Waals surface area contributed by atoms with Crippen molar-refractivity contribution in [2.75, 3.05) is 16.0 Å². The van der Waals surface area contributed by atoms with E-state index in [0.29, 0.717) is 17.0 Å². The maximum absolute atomic E-state index is 14.9. The number of halogens is 4. The number of ether oxygens (including phenoxy) is 1. The molecule has 0 aliphatic carbocycles. The SMILES string of the molecule is O=C(N=C1SCC(=O)N1c1cccc2ccoc12)Nc1ccc(-c2ncn(-c3ccc(OC(F)(F)F)cc3)n2)cc1F. The first-order chi connectivity index (χ1) is 20.1. The van der Waals surface area contributed by atoms with Crippen LogP contribution >= 0.6 is 11.8 Å². The van der Waals surface area contributed by atoms with Gasteiger partial charge in [-0.2, -0.15) is 4.99 Å². The zero-order valence-electron chi connectivity index (χ0n) is 21.0. The first kappa shape index (κ1) is 27.0. The van der Waals surface area contributed by atoms with Crippen LogP contribution < -0.4 is 15.0 Å². The summed E-state index contributed by atoms with van der Waals surface area (Å²) >= 11 is 1.07. The van der Waals surface area contributed by atoms with E-state index in [1.165, 1.54) is 46.4 Å². The molecule has 212 valence electrons. The molecule has 0 atom stereocenters. The number of aromatic nitrogens is 3. The number of furan rings is 1. The number of amidine groups is 1. The summed E-state index contributed by atoms with van der Waals surface area (Å²) in [5, 5.41) is 7.50. The number of rotatable bonds is 5. The van der Waals surface area contributed by atoms with E-state index in [2.05, 4.69) is 25.1 Å². The third-order valence-corrected chi connectivity index (χ3v) is 6.88. The third kappa shape index (κ3) is 5.54. The van der Waals surface area contributed by atoms with Crippen LogP contribution in [0.2, 0.25) is 0 Å². The fourth-order valence-electron chi connectivity index (χ4n) is 4.14. The lowest BCUT2D eigenvalue weighted by atomic mass is 10.2. The standard InChI is InChI=1S/C27H16F4N6O4S/c28-19-12-16(24-32-14-36(35-24)17-5-7-18(8-6-17)41-27(29,30)31)4-9-20(19)33-25(39)34-26-37(22(38)13-42-26)21-3-1-2-15-10-11-40-23(15)21/h1-12,14H,13H2,(H,33,39). The lowest BCUT2D eigenvalue weighted by Gasteiger charge is -2.16. The lowest BCUT2D eigenvalue weighted by Crippen LogP contribution is -2.30. The van der Waals surface area contributed by atoms with Crippen molar-refractivity contribution < 1.29 is 36.3 Å². The Morgan fingerprint density at radius 1 is 1.10 bits per heavy atom. The summed E-state index contributed by atoms with van der Waals surface area (Å²) in [6, 6.07) is 15.0. The molecule has 1 saturated heterocycles. The Labute approximate surface area is 237 Å². The summed E-state index contributed by atoms with van der Waals surface area (Å²) in [5.41, 5.74) is 1.41. The zero-order valence-corrected chi connectivity index (χ0v) is 21.8. The molecule has 1 aliphatic heterocycles. The number of para-hydroxylation sites is 1. The van der Waals surface area contributed by atoms with Gasteiger partial charge in [0.25, 0.3) is 0 Å². The van der Waals surface area contributed by atoms with Crippen molar-refractivity contribution in [1.82, 2.24) is 14.8 Å². The fraction of sp³-hybridized carbons (Fsp3) is 0.0741. The monoisotopic (exact) mass is 596 g/mol. The van der Waals surface area contributed by atoms with Gasteiger partial charge in [0.2, 0.25) is 5.91 Å². The number of anilines is 2. The van der Waals surface area contributed by atoms with E-state index in [1.54, 1.807) is 18.2 Å². The van der Waals surface area contributed by atoms with Gasteiger partial charge in [-0.3, -0.25) is 9.69 Å². The van der Waals surface area contributed by atoms with Crippen molar-refractivity contribution in [2.24, 2.45) is 4.99 Å². The van der Waals surface area contributed by atoms with E-state index in [-0.39, 0.29) is 33.9 Å². The number of amides is 3. The molecule has 0 radical (unpaired) electrons. The highest BCUT2D eigenvalue weighted by atomic mass is 32.2. The summed E-state index contributed by atoms with van der Waals surface area (Å²) in [6.07, 6.45) is -2.00. The van der Waals surface area contributed by atoms with E-state index in [0.717, 1.165) is 35.3 Å². The van der Waals surface area contributed by atoms with Crippen molar-refractivity contribution in [3.63, 3.8) is 0 Å². The summed E-state index contributed by atoms with van der Waals surface area (Å²) in [6.45, 7) is 0. The van der Waals surface area contributed by atoms with E-state index in [4.69, 9.17) is 4.42 Å². The van der Waals surface area contributed by atoms with Crippen LogP contribution in [0.15, 0.2) is 88.7 Å². The molecule has 2 aromatic heterocycles. The van der Waals surface area contributed by atoms with Crippen LogP contribution in [-0.4, -0.2) is 44.0 Å². The van der Waals surface area contributed by atoms with Crippen LogP contribution in [0, 0.1) is 5.82 Å². The number of carbonyl (C=O) groups excluding carboxylic acids is 2. The van der Waals surface area contributed by atoms with E-state index < -0.39 is 24.0 Å². The Bertz CT molecular complexity index is 1850. The number of alkyl halides is 3. The van der Waals surface area contributed by atoms with Crippen molar-refractivity contribution in [1.29, 1.82) is 0 Å². The van der Waals surface area contributed by atoms with Gasteiger partial charge in [0.15, 0.2) is 16.6 Å². The average molecular weight is 597 g/mol. The first-order valence-electron chi connectivity index (χ1n) is 12.0. The highest BCUT2D eigenvalue weighted by Crippen LogP contribution is 2.33. The van der Waals surface area contributed by atoms with Gasteiger partial charge in [-0.1, -0.05) is 23.9 Å². The number of urea groups is 1. The summed E-state index contributed by atoms with van der Waals surface area (Å²) in [5.74, 6) is -1.28. The van der Waals surface area contributed by atoms with E-state index in [1.807, 2.05) is 6.07 Å². The van der Waals surface area contributed by atoms with Crippen LogP contribution in [0.4, 0.5) is 33.7 Å². The number of benzene rings is 3. The van der Waals surface area contributed by atoms with Crippen molar-refractivity contribution in [2.45, 2.75) is 6.36 Å². The molecule has 1 aliphatic rings. The second kappa shape index (κ2) is 10.7. The van der Waals surface area contributed by atoms with Gasteiger partial charge >= 0.3 is 12.4 Å². The van der Waals surface area contributed by atoms with Crippen LogP contribution in [0.1, 0.15) is 0 Å². The summed E-state index contributed by atoms with van der Waals surface area (Å²) < 4.78 is 62.7. The molecule has 1 fully saturated rings. The number of aliphatic imine (C=N–C) groups is 1. The molecule has 3 amide bonds. The highest BCUT2D eigenvalue weighted by molar-refractivity contribution is 8.15. The molecule has 0 bridgehead atoms. The largest absolute Gasteiger partial charge is 0.573 e. The number of thioether (sulfide) groups is 1. The Hall–Kier alpha value is -5.18. The van der Waals surface area contributed by atoms with Crippen LogP contribution in [0.3, 0.4) is 0 Å². The maximum atomic E-state index is 14.9. The molecule has 0 unspecified atom stereocenters. The van der Waals surface area contributed by atoms with Crippen molar-refractivity contribution in [3.05, 3.63) is 85.1 Å². The predicted molar refractivity (Wildman–Crippen MR) is 146 cm³/mol. The quantitative estimate of drug-likeness (QED) is 0.234. The molecule has 1 N–H and O–H groups in total. The lowest BCUT2D eigenvalue weighted by molar-refractivity contribution is -0.274. The van der Waals surface area contributed by atoms with Gasteiger partial charge < -0.3 is 14.5 Å². The number of fused-ring (bicyclic) bond motifs is 1. The predicted octanol–water partition coefficient (Wildman–Crippen LogP) is 6.39. The second-order valence-electron chi connectivity index (χ2n) is 8.71. The highest BCUT2D eigenvalue weighted by Gasteiger charge is 2.33.